The fourth-order valence-electron chi connectivity index (χ4n) is 3.14. The number of hydrogen-bond acceptors (Lipinski definition) is 4. The molecule has 0 saturated heterocycles. The van der Waals surface area contributed by atoms with E-state index in [4.69, 9.17) is 9.15 Å². The number of furan rings is 2. The number of aliphatic hydroxyl groups is 1. The molecule has 1 N–H and O–H groups in total. The molecule has 0 radical (unpaired) electrons. The van der Waals surface area contributed by atoms with Gasteiger partial charge in [0, 0.05) is 12.8 Å². The Hall–Kier alpha value is -3.24. The van der Waals surface area contributed by atoms with Crippen molar-refractivity contribution in [3.63, 3.8) is 0 Å². The Morgan fingerprint density at radius 2 is 1.29 bits per heavy atom. The van der Waals surface area contributed by atoms with Crippen LogP contribution in [0.5, 0.6) is 0 Å². The Morgan fingerprint density at radius 1 is 0.743 bits per heavy atom. The summed E-state index contributed by atoms with van der Waals surface area (Å²) in [4.78, 5) is 0. The topological polar surface area (TPSA) is 55.7 Å². The number of hydrogen-bond donors (Lipinski definition) is 1. The average molecular weight is 502 g/mol. The van der Waals surface area contributed by atoms with E-state index in [0.29, 0.717) is 5.56 Å². The Kier molecular flexibility index (Phi) is 9.17. The highest BCUT2D eigenvalue weighted by Gasteiger charge is 2.59. The monoisotopic (exact) mass is 502 g/mol. The first kappa shape index (κ1) is 28.0. The molecule has 0 spiro atoms. The van der Waals surface area contributed by atoms with Crippen LogP contribution in [0.4, 0.5) is 26.3 Å². The first-order valence-corrected chi connectivity index (χ1v) is 10.2. The Bertz CT molecular complexity index is 1030. The molecule has 3 rings (SSSR count). The summed E-state index contributed by atoms with van der Waals surface area (Å²) in [5, 5.41) is 9.42. The average Bonchev–Trinajstić information content (AvgIpc) is 3.51. The summed E-state index contributed by atoms with van der Waals surface area (Å²) in [5.41, 5.74) is -4.84. The quantitative estimate of drug-likeness (QED) is 0.244. The van der Waals surface area contributed by atoms with Crippen LogP contribution in [0.25, 0.3) is 0 Å². The van der Waals surface area contributed by atoms with Crippen molar-refractivity contribution in [2.24, 2.45) is 0 Å². The van der Waals surface area contributed by atoms with E-state index in [1.165, 1.54) is 30.5 Å². The first-order chi connectivity index (χ1) is 16.4. The van der Waals surface area contributed by atoms with E-state index in [0.717, 1.165) is 18.4 Å². The molecule has 190 valence electrons. The molecule has 0 bridgehead atoms. The zero-order valence-corrected chi connectivity index (χ0v) is 18.5. The van der Waals surface area contributed by atoms with Gasteiger partial charge in [-0.1, -0.05) is 42.5 Å². The molecule has 2 atom stereocenters. The van der Waals surface area contributed by atoms with Gasteiger partial charge in [-0.05, 0) is 29.8 Å². The Labute approximate surface area is 198 Å². The molecule has 10 heteroatoms. The predicted molar refractivity (Wildman–Crippen MR) is 116 cm³/mol. The van der Waals surface area contributed by atoms with Gasteiger partial charge >= 0.3 is 12.4 Å². The molecular weight excluding hydrogens is 478 g/mol. The molecule has 4 nitrogen and oxygen atoms in total. The highest BCUT2D eigenvalue weighted by molar-refractivity contribution is 5.18. The number of rotatable bonds is 9. The highest BCUT2D eigenvalue weighted by atomic mass is 19.4. The summed E-state index contributed by atoms with van der Waals surface area (Å²) in [6.45, 7) is 6.40. The molecule has 3 aromatic rings. The summed E-state index contributed by atoms with van der Waals surface area (Å²) in [5.74, 6) is -0.796. The molecule has 0 aliphatic rings. The third-order valence-electron chi connectivity index (χ3n) is 4.97. The minimum absolute atomic E-state index is 0.172. The van der Waals surface area contributed by atoms with Crippen LogP contribution in [-0.2, 0) is 22.5 Å². The van der Waals surface area contributed by atoms with E-state index in [1.807, 2.05) is 0 Å². The summed E-state index contributed by atoms with van der Waals surface area (Å²) in [7, 11) is 0. The summed E-state index contributed by atoms with van der Waals surface area (Å²) in [6.07, 6.45) is -6.00. The third-order valence-corrected chi connectivity index (χ3v) is 4.97. The normalized spacial score (nSPS) is 15.3. The fourth-order valence-corrected chi connectivity index (χ4v) is 3.14. The van der Waals surface area contributed by atoms with Crippen LogP contribution in [0, 0.1) is 0 Å². The molecule has 1 aromatic carbocycles. The molecule has 2 heterocycles. The lowest BCUT2D eigenvalue weighted by molar-refractivity contribution is -0.294. The lowest BCUT2D eigenvalue weighted by Gasteiger charge is -2.33. The molecule has 2 unspecified atom stereocenters. The van der Waals surface area contributed by atoms with Crippen LogP contribution in [0.3, 0.4) is 0 Å². The van der Waals surface area contributed by atoms with Crippen molar-refractivity contribution in [1.29, 1.82) is 0 Å². The van der Waals surface area contributed by atoms with Gasteiger partial charge < -0.3 is 18.7 Å². The van der Waals surface area contributed by atoms with Crippen molar-refractivity contribution >= 4 is 0 Å². The standard InChI is InChI=1S/C16H15F3O2.C9H9F3O2/c1-2-10-15(16(17,18)19,14-9-6-11-20-14)21-12-13-7-4-3-5-8-13;1-2-5-8(13,9(10,11)12)7-4-3-6-14-7/h2-9,11H,1,10,12H2;2-4,6,13H,1,5H2. The Morgan fingerprint density at radius 3 is 1.71 bits per heavy atom. The second-order valence-electron chi connectivity index (χ2n) is 7.40. The lowest BCUT2D eigenvalue weighted by Crippen LogP contribution is -2.44. The zero-order valence-electron chi connectivity index (χ0n) is 18.5. The van der Waals surface area contributed by atoms with E-state index in [1.54, 1.807) is 30.3 Å². The summed E-state index contributed by atoms with van der Waals surface area (Å²) >= 11 is 0. The highest BCUT2D eigenvalue weighted by Crippen LogP contribution is 2.46. The van der Waals surface area contributed by atoms with Gasteiger partial charge in [-0.3, -0.25) is 0 Å². The largest absolute Gasteiger partial charge is 0.466 e. The van der Waals surface area contributed by atoms with E-state index in [2.05, 4.69) is 17.6 Å². The van der Waals surface area contributed by atoms with E-state index >= 15 is 0 Å². The van der Waals surface area contributed by atoms with E-state index in [-0.39, 0.29) is 12.4 Å². The maximum Gasteiger partial charge on any atom is 0.425 e. The molecule has 2 aromatic heterocycles. The Balaban J connectivity index is 0.000000269. The van der Waals surface area contributed by atoms with Crippen molar-refractivity contribution in [1.82, 2.24) is 0 Å². The molecule has 35 heavy (non-hydrogen) atoms. The van der Waals surface area contributed by atoms with E-state index in [9.17, 15) is 31.4 Å². The lowest BCUT2D eigenvalue weighted by atomic mass is 9.95. The van der Waals surface area contributed by atoms with Crippen LogP contribution < -0.4 is 0 Å². The maximum absolute atomic E-state index is 13.6. The van der Waals surface area contributed by atoms with Gasteiger partial charge in [0.2, 0.25) is 11.2 Å². The number of alkyl halides is 6. The minimum Gasteiger partial charge on any atom is -0.466 e. The van der Waals surface area contributed by atoms with Crippen molar-refractivity contribution in [3.8, 4) is 0 Å². The van der Waals surface area contributed by atoms with Crippen molar-refractivity contribution < 1.29 is 45.0 Å². The molecule has 0 saturated carbocycles. The van der Waals surface area contributed by atoms with Gasteiger partial charge in [0.1, 0.15) is 11.5 Å². The summed E-state index contributed by atoms with van der Waals surface area (Å²) in [6, 6.07) is 13.7. The van der Waals surface area contributed by atoms with Gasteiger partial charge in [0.25, 0.3) is 0 Å². The SMILES string of the molecule is C=CCC(O)(c1ccco1)C(F)(F)F.C=CCC(OCc1ccccc1)(c1ccco1)C(F)(F)F. The number of halogens is 6. The van der Waals surface area contributed by atoms with Gasteiger partial charge in [0.05, 0.1) is 19.1 Å². The molecule has 0 aliphatic heterocycles. The van der Waals surface area contributed by atoms with E-state index < -0.39 is 42.2 Å². The molecular formula is C25H24F6O4. The predicted octanol–water partition coefficient (Wildman–Crippen LogP) is 7.44. The van der Waals surface area contributed by atoms with Gasteiger partial charge in [-0.25, -0.2) is 0 Å². The van der Waals surface area contributed by atoms with Crippen molar-refractivity contribution in [2.45, 2.75) is 43.0 Å². The van der Waals surface area contributed by atoms with Gasteiger partial charge in [0.15, 0.2) is 0 Å². The number of benzene rings is 1. The van der Waals surface area contributed by atoms with Crippen LogP contribution in [-0.4, -0.2) is 17.5 Å². The van der Waals surface area contributed by atoms with Crippen LogP contribution in [0.1, 0.15) is 29.9 Å². The fraction of sp³-hybridized carbons (Fsp3) is 0.280. The van der Waals surface area contributed by atoms with Crippen LogP contribution in [0.15, 0.2) is 101 Å². The van der Waals surface area contributed by atoms with Crippen molar-refractivity contribution in [2.75, 3.05) is 0 Å². The number of ether oxygens (including phenoxy) is 1. The summed E-state index contributed by atoms with van der Waals surface area (Å²) < 4.78 is 93.1. The minimum atomic E-state index is -4.78. The second-order valence-corrected chi connectivity index (χ2v) is 7.40. The van der Waals surface area contributed by atoms with Crippen molar-refractivity contribution in [3.05, 3.63) is 110 Å². The van der Waals surface area contributed by atoms with Crippen LogP contribution in [0.2, 0.25) is 0 Å². The smallest absolute Gasteiger partial charge is 0.425 e. The molecule has 0 amide bonds. The van der Waals surface area contributed by atoms with Gasteiger partial charge in [-0.15, -0.1) is 13.2 Å². The third kappa shape index (κ3) is 6.46. The van der Waals surface area contributed by atoms with Gasteiger partial charge in [-0.2, -0.15) is 26.3 Å². The van der Waals surface area contributed by atoms with Crippen LogP contribution >= 0.6 is 0 Å². The zero-order chi connectivity index (χ0) is 26.2. The first-order valence-electron chi connectivity index (χ1n) is 10.2. The second kappa shape index (κ2) is 11.5. The maximum atomic E-state index is 13.6. The molecule has 0 fully saturated rings. The molecule has 0 aliphatic carbocycles.